The maximum absolute atomic E-state index is 12.4. The van der Waals surface area contributed by atoms with Crippen LogP contribution in [0.1, 0.15) is 0 Å². The Bertz CT molecular complexity index is 1550. The molecule has 0 radical (unpaired) electrons. The van der Waals surface area contributed by atoms with Gasteiger partial charge < -0.3 is 88.9 Å². The Kier molecular flexibility index (Phi) is 19.3. The van der Waals surface area contributed by atoms with E-state index < -0.39 is 158 Å². The second-order valence-electron chi connectivity index (χ2n) is 7.20. The summed E-state index contributed by atoms with van der Waals surface area (Å²) in [5.41, 5.74) is 0. The fraction of sp³-hybridized carbons (Fsp3) is 1.00. The first-order valence-corrected chi connectivity index (χ1v) is 57.4. The summed E-state index contributed by atoms with van der Waals surface area (Å²) in [6, 6.07) is 0. The number of rotatable bonds is 20. The van der Waals surface area contributed by atoms with E-state index in [9.17, 15) is 84.8 Å². The molecule has 0 aromatic carbocycles. The first-order valence-electron chi connectivity index (χ1n) is 10.0. The molecule has 0 bridgehead atoms. The third-order valence-electron chi connectivity index (χ3n) is 3.95. The van der Waals surface area contributed by atoms with Crippen molar-refractivity contribution in [1.82, 2.24) is 0 Å². The molecule has 0 aromatic rings. The highest BCUT2D eigenvalue weighted by Gasteiger charge is 2.55. The van der Waals surface area contributed by atoms with Crippen LogP contribution in [0.5, 0.6) is 0 Å². The van der Waals surface area contributed by atoms with E-state index in [0.717, 1.165) is 0 Å². The van der Waals surface area contributed by atoms with Crippen molar-refractivity contribution in [3.8, 4) is 0 Å². The zero-order valence-corrected chi connectivity index (χ0v) is 40.6. The zero-order valence-electron chi connectivity index (χ0n) is 20.3. The van der Waals surface area contributed by atoms with Gasteiger partial charge in [-0.25, -0.2) is 0 Å². The van der Waals surface area contributed by atoms with Crippen LogP contribution in [0.25, 0.3) is 0 Å². The average Bonchev–Trinajstić information content (AvgIpc) is 2.97. The first kappa shape index (κ1) is 42.3. The van der Waals surface area contributed by atoms with Gasteiger partial charge in [0.1, 0.15) is 0 Å². The Morgan fingerprint density at radius 2 is 0.548 bits per heavy atom. The van der Waals surface area contributed by atoms with Gasteiger partial charge in [0.25, 0.3) is 0 Å². The van der Waals surface area contributed by atoms with Gasteiger partial charge in [0.2, 0.25) is 9.04 Å². The first-order chi connectivity index (χ1) is 19.1. The van der Waals surface area contributed by atoms with Gasteiger partial charge >= 0.3 is 149 Å². The Hall–Kier alpha value is 0.338. The second-order valence-corrected chi connectivity index (χ2v) is 96.6. The van der Waals surface area contributed by atoms with Crippen molar-refractivity contribution in [2.75, 3.05) is 0 Å². The Balaban J connectivity index is 5.67. The van der Waals surface area contributed by atoms with E-state index in [1.165, 1.54) is 13.1 Å². The van der Waals surface area contributed by atoms with Crippen LogP contribution in [0.2, 0.25) is 13.1 Å². The summed E-state index contributed by atoms with van der Waals surface area (Å²) in [4.78, 5) is 0. The Morgan fingerprint density at radius 1 is 0.357 bits per heavy atom. The normalized spacial score (nSPS) is 9.79. The molecule has 0 spiro atoms. The predicted molar refractivity (Wildman–Crippen MR) is 144 cm³/mol. The van der Waals surface area contributed by atoms with Crippen molar-refractivity contribution in [3.05, 3.63) is 0 Å². The summed E-state index contributed by atoms with van der Waals surface area (Å²) in [6.45, 7) is 3.00. The van der Waals surface area contributed by atoms with Crippen molar-refractivity contribution in [2.45, 2.75) is 13.1 Å². The lowest BCUT2D eigenvalue weighted by molar-refractivity contribution is 0.471. The summed E-state index contributed by atoms with van der Waals surface area (Å²) in [5.74, 6) is 0. The number of hydrogen-bond donors (Lipinski definition) is 0. The third kappa shape index (κ3) is 11.3. The van der Waals surface area contributed by atoms with E-state index >= 15 is 0 Å². The Labute approximate surface area is 257 Å². The average molecular weight is 914 g/mol. The molecule has 0 aliphatic carbocycles. The molecule has 20 nitrogen and oxygen atoms in total. The molecule has 0 rings (SSSR count). The van der Waals surface area contributed by atoms with Crippen LogP contribution >= 0.6 is 0 Å². The maximum atomic E-state index is 12.4. The van der Waals surface area contributed by atoms with Crippen LogP contribution in [-0.4, -0.2) is 158 Å². The highest BCUT2D eigenvalue weighted by Crippen LogP contribution is 1.89. The van der Waals surface area contributed by atoms with Crippen LogP contribution in [-0.2, 0) is 88.9 Å². The molecular formula is C2H8O20Si20. The molecule has 0 aromatic heterocycles. The standard InChI is InChI=1S/C2H8O20Si20/c1-24(2)22-25(4)27(6)29(8)31(10)33(12)35(14)37(16)39(18)41(20)42(21)40(19)38(17)36(15)34(13)32(11)30(9)28(7)26(5)23-3/h23-24H,1-2H3. The highest BCUT2D eigenvalue weighted by molar-refractivity contribution is 7.82. The maximum Gasteiger partial charge on any atom is 0.532 e. The summed E-state index contributed by atoms with van der Waals surface area (Å²) >= 11 is 0. The van der Waals surface area contributed by atoms with Gasteiger partial charge in [0, 0.05) is 0 Å². The van der Waals surface area contributed by atoms with E-state index in [0.29, 0.717) is 0 Å². The largest absolute Gasteiger partial charge is 0.580 e. The molecule has 42 heavy (non-hydrogen) atoms. The van der Waals surface area contributed by atoms with Crippen LogP contribution in [0, 0.1) is 0 Å². The van der Waals surface area contributed by atoms with Crippen LogP contribution in [0.4, 0.5) is 0 Å². The fourth-order valence-electron chi connectivity index (χ4n) is 1.97. The van der Waals surface area contributed by atoms with Gasteiger partial charge in [0.05, 0.1) is 0 Å². The molecule has 0 amide bonds. The lowest BCUT2D eigenvalue weighted by Gasteiger charge is -2.03. The van der Waals surface area contributed by atoms with Crippen molar-refractivity contribution >= 4 is 158 Å². The van der Waals surface area contributed by atoms with Gasteiger partial charge in [0.15, 0.2) is 0 Å². The summed E-state index contributed by atoms with van der Waals surface area (Å²) in [6.07, 6.45) is 0. The molecular weight excluding hydrogens is 906 g/mol. The zero-order chi connectivity index (χ0) is 33.4. The van der Waals surface area contributed by atoms with Crippen molar-refractivity contribution in [2.24, 2.45) is 0 Å². The smallest absolute Gasteiger partial charge is 0.532 e. The van der Waals surface area contributed by atoms with Gasteiger partial charge in [-0.2, -0.15) is 0 Å². The number of hydrogen-bond acceptors (Lipinski definition) is 20. The molecule has 0 aliphatic heterocycles. The predicted octanol–water partition coefficient (Wildman–Crippen LogP) is -9.31. The van der Waals surface area contributed by atoms with Crippen LogP contribution < -0.4 is 0 Å². The molecule has 0 saturated heterocycles. The summed E-state index contributed by atoms with van der Waals surface area (Å²) < 4.78 is 234. The highest BCUT2D eigenvalue weighted by atomic mass is 30.1. The van der Waals surface area contributed by atoms with Gasteiger partial charge in [-0.3, -0.25) is 0 Å². The van der Waals surface area contributed by atoms with E-state index in [2.05, 4.69) is 0 Å². The summed E-state index contributed by atoms with van der Waals surface area (Å²) in [7, 11) is -77.8. The molecule has 216 valence electrons. The van der Waals surface area contributed by atoms with Crippen LogP contribution in [0.15, 0.2) is 0 Å². The van der Waals surface area contributed by atoms with Gasteiger partial charge in [-0.1, -0.05) is 0 Å². The molecule has 0 aliphatic rings. The minimum atomic E-state index is -4.37. The molecule has 0 saturated carbocycles. The van der Waals surface area contributed by atoms with Crippen LogP contribution in [0.3, 0.4) is 0 Å². The fourth-order valence-corrected chi connectivity index (χ4v) is 201. The van der Waals surface area contributed by atoms with Crippen molar-refractivity contribution in [1.29, 1.82) is 0 Å². The van der Waals surface area contributed by atoms with Gasteiger partial charge in [-0.05, 0) is 13.1 Å². The lowest BCUT2D eigenvalue weighted by Crippen LogP contribution is -2.56. The molecule has 0 N–H and O–H groups in total. The minimum Gasteiger partial charge on any atom is -0.580 e. The van der Waals surface area contributed by atoms with E-state index in [1.54, 1.807) is 0 Å². The van der Waals surface area contributed by atoms with E-state index in [1.807, 2.05) is 0 Å². The van der Waals surface area contributed by atoms with E-state index in [-0.39, 0.29) is 0 Å². The third-order valence-corrected chi connectivity index (χ3v) is 142. The van der Waals surface area contributed by atoms with Gasteiger partial charge in [-0.15, -0.1) is 0 Å². The Morgan fingerprint density at radius 3 is 0.738 bits per heavy atom. The topological polar surface area (TPSA) is 334 Å². The van der Waals surface area contributed by atoms with Crippen molar-refractivity contribution < 1.29 is 88.9 Å². The lowest BCUT2D eigenvalue weighted by atomic mass is 11.9. The SMILES string of the molecule is C[SiH](C)O[Si](=O)[Si](=O)[Si](=O)[Si](=O)[Si](=O)[Si](=O)[Si](=O)[Si](=O)[Si](=O)[Si](=O)[Si](=O)[Si](=O)[Si](=O)[Si](=O)[Si](=O)[Si](=O)[Si](=O)[Si](=O)[SiH]=O. The second kappa shape index (κ2) is 19.1. The molecule has 0 fully saturated rings. The molecule has 0 heterocycles. The molecule has 0 unspecified atom stereocenters. The van der Waals surface area contributed by atoms with E-state index in [4.69, 9.17) is 4.12 Å². The van der Waals surface area contributed by atoms with Crippen molar-refractivity contribution in [3.63, 3.8) is 0 Å². The molecule has 40 heteroatoms. The summed E-state index contributed by atoms with van der Waals surface area (Å²) in [5, 5.41) is 0. The minimum absolute atomic E-state index is 1.50. The monoisotopic (exact) mass is 911 g/mol. The molecule has 0 atom stereocenters. The quantitative estimate of drug-likeness (QED) is 0.102.